The number of carbonyl (C=O) groups is 2. The van der Waals surface area contributed by atoms with Gasteiger partial charge in [-0.15, -0.1) is 0 Å². The first-order valence-corrected chi connectivity index (χ1v) is 9.54. The number of H-pyrrole nitrogens is 1. The molecule has 0 fully saturated rings. The summed E-state index contributed by atoms with van der Waals surface area (Å²) in [6.45, 7) is 0.564. The highest BCUT2D eigenvalue weighted by Crippen LogP contribution is 2.19. The number of ketones is 1. The van der Waals surface area contributed by atoms with Crippen molar-refractivity contribution in [3.8, 4) is 0 Å². The summed E-state index contributed by atoms with van der Waals surface area (Å²) in [7, 11) is 0. The van der Waals surface area contributed by atoms with Crippen LogP contribution in [0.4, 0.5) is 5.69 Å². The summed E-state index contributed by atoms with van der Waals surface area (Å²) in [6, 6.07) is 21.5. The van der Waals surface area contributed by atoms with Gasteiger partial charge in [0.05, 0.1) is 6.54 Å². The predicted molar refractivity (Wildman–Crippen MR) is 116 cm³/mol. The van der Waals surface area contributed by atoms with Crippen LogP contribution in [0.3, 0.4) is 0 Å². The predicted octanol–water partition coefficient (Wildman–Crippen LogP) is 3.63. The molecule has 6 heteroatoms. The van der Waals surface area contributed by atoms with Gasteiger partial charge < -0.3 is 10.3 Å². The zero-order valence-corrected chi connectivity index (χ0v) is 15.9. The van der Waals surface area contributed by atoms with E-state index in [1.807, 2.05) is 66.7 Å². The normalized spacial score (nSPS) is 11.0. The van der Waals surface area contributed by atoms with Crippen LogP contribution in [-0.4, -0.2) is 29.8 Å². The lowest BCUT2D eigenvalue weighted by atomic mass is 10.1. The van der Waals surface area contributed by atoms with E-state index in [4.69, 9.17) is 0 Å². The number of carbonyl (C=O) groups excluding carboxylic acids is 2. The number of benzene rings is 3. The number of aromatic amines is 1. The SMILES string of the molecule is O=C(CCNNCC(=O)c1c[nH]c2ccccc12)Nc1ccc2ccccc2c1. The molecule has 4 N–H and O–H groups in total. The van der Waals surface area contributed by atoms with Crippen LogP contribution in [0.25, 0.3) is 21.7 Å². The van der Waals surface area contributed by atoms with E-state index in [1.165, 1.54) is 0 Å². The largest absolute Gasteiger partial charge is 0.360 e. The number of fused-ring (bicyclic) bond motifs is 2. The molecule has 0 spiro atoms. The van der Waals surface area contributed by atoms with Crippen LogP contribution in [-0.2, 0) is 4.79 Å². The Morgan fingerprint density at radius 3 is 2.55 bits per heavy atom. The van der Waals surface area contributed by atoms with Gasteiger partial charge in [0.2, 0.25) is 5.91 Å². The molecule has 0 bridgehead atoms. The molecule has 4 aromatic rings. The van der Waals surface area contributed by atoms with Gasteiger partial charge in [-0.3, -0.25) is 20.4 Å². The maximum absolute atomic E-state index is 12.4. The third-order valence-corrected chi connectivity index (χ3v) is 4.77. The Morgan fingerprint density at radius 2 is 1.66 bits per heavy atom. The van der Waals surface area contributed by atoms with Gasteiger partial charge in [0, 0.05) is 41.3 Å². The Morgan fingerprint density at radius 1 is 0.862 bits per heavy atom. The van der Waals surface area contributed by atoms with Crippen LogP contribution in [0.15, 0.2) is 72.9 Å². The summed E-state index contributed by atoms with van der Waals surface area (Å²) in [6.07, 6.45) is 2.02. The molecule has 0 saturated carbocycles. The number of amides is 1. The molecule has 0 unspecified atom stereocenters. The zero-order chi connectivity index (χ0) is 20.1. The molecule has 0 radical (unpaired) electrons. The summed E-state index contributed by atoms with van der Waals surface area (Å²) in [5.41, 5.74) is 8.19. The Hall–Kier alpha value is -3.48. The number of hydrogen-bond donors (Lipinski definition) is 4. The summed E-state index contributed by atoms with van der Waals surface area (Å²) in [4.78, 5) is 27.6. The van der Waals surface area contributed by atoms with Crippen molar-refractivity contribution in [2.75, 3.05) is 18.4 Å². The number of nitrogens with one attached hydrogen (secondary N) is 4. The van der Waals surface area contributed by atoms with E-state index in [2.05, 4.69) is 21.2 Å². The second-order valence-electron chi connectivity index (χ2n) is 6.81. The molecule has 0 aliphatic carbocycles. The first-order chi connectivity index (χ1) is 14.2. The van der Waals surface area contributed by atoms with Gasteiger partial charge in [-0.2, -0.15) is 0 Å². The Labute approximate surface area is 168 Å². The van der Waals surface area contributed by atoms with E-state index in [0.717, 1.165) is 27.4 Å². The van der Waals surface area contributed by atoms with Gasteiger partial charge in [-0.05, 0) is 29.0 Å². The zero-order valence-electron chi connectivity index (χ0n) is 15.9. The van der Waals surface area contributed by atoms with Crippen LogP contribution in [0.2, 0.25) is 0 Å². The molecular weight excluding hydrogens is 364 g/mol. The van der Waals surface area contributed by atoms with E-state index in [0.29, 0.717) is 18.5 Å². The molecular formula is C23H22N4O2. The summed E-state index contributed by atoms with van der Waals surface area (Å²) in [5, 5.41) is 6.03. The van der Waals surface area contributed by atoms with Crippen LogP contribution < -0.4 is 16.2 Å². The van der Waals surface area contributed by atoms with Crippen LogP contribution in [0, 0.1) is 0 Å². The Kier molecular flexibility index (Phi) is 5.65. The second kappa shape index (κ2) is 8.68. The third kappa shape index (κ3) is 4.51. The molecule has 0 aliphatic heterocycles. The first kappa shape index (κ1) is 18.9. The van der Waals surface area contributed by atoms with E-state index >= 15 is 0 Å². The maximum Gasteiger partial charge on any atom is 0.225 e. The van der Waals surface area contributed by atoms with Gasteiger partial charge in [0.1, 0.15) is 0 Å². The molecule has 3 aromatic carbocycles. The van der Waals surface area contributed by atoms with Gasteiger partial charge in [0.15, 0.2) is 5.78 Å². The fourth-order valence-corrected chi connectivity index (χ4v) is 3.30. The van der Waals surface area contributed by atoms with E-state index in [-0.39, 0.29) is 18.2 Å². The lowest BCUT2D eigenvalue weighted by Gasteiger charge is -2.08. The average Bonchev–Trinajstić information content (AvgIpc) is 3.17. The monoisotopic (exact) mass is 386 g/mol. The van der Waals surface area contributed by atoms with Crippen molar-refractivity contribution in [1.82, 2.24) is 15.8 Å². The number of rotatable bonds is 8. The minimum atomic E-state index is -0.0856. The Bertz CT molecular complexity index is 1170. The smallest absolute Gasteiger partial charge is 0.225 e. The summed E-state index contributed by atoms with van der Waals surface area (Å²) < 4.78 is 0. The average molecular weight is 386 g/mol. The first-order valence-electron chi connectivity index (χ1n) is 9.54. The molecule has 4 rings (SSSR count). The highest BCUT2D eigenvalue weighted by molar-refractivity contribution is 6.08. The highest BCUT2D eigenvalue weighted by atomic mass is 16.1. The minimum Gasteiger partial charge on any atom is -0.360 e. The minimum absolute atomic E-state index is 0.0180. The lowest BCUT2D eigenvalue weighted by molar-refractivity contribution is -0.116. The molecule has 146 valence electrons. The van der Waals surface area contributed by atoms with E-state index in [1.54, 1.807) is 6.20 Å². The van der Waals surface area contributed by atoms with Crippen LogP contribution in [0.5, 0.6) is 0 Å². The number of hydrogen-bond acceptors (Lipinski definition) is 4. The fourth-order valence-electron chi connectivity index (χ4n) is 3.30. The van der Waals surface area contributed by atoms with Crippen molar-refractivity contribution in [2.45, 2.75) is 6.42 Å². The molecule has 6 nitrogen and oxygen atoms in total. The van der Waals surface area contributed by atoms with E-state index < -0.39 is 0 Å². The lowest BCUT2D eigenvalue weighted by Crippen LogP contribution is -2.37. The summed E-state index contributed by atoms with van der Waals surface area (Å²) >= 11 is 0. The van der Waals surface area contributed by atoms with Crippen molar-refractivity contribution in [3.05, 3.63) is 78.5 Å². The van der Waals surface area contributed by atoms with Gasteiger partial charge in [-0.1, -0.05) is 48.5 Å². The van der Waals surface area contributed by atoms with Gasteiger partial charge >= 0.3 is 0 Å². The van der Waals surface area contributed by atoms with Gasteiger partial charge in [0.25, 0.3) is 0 Å². The van der Waals surface area contributed by atoms with E-state index in [9.17, 15) is 9.59 Å². The highest BCUT2D eigenvalue weighted by Gasteiger charge is 2.11. The van der Waals surface area contributed by atoms with Gasteiger partial charge in [-0.25, -0.2) is 0 Å². The molecule has 0 aliphatic rings. The van der Waals surface area contributed by atoms with Crippen molar-refractivity contribution < 1.29 is 9.59 Å². The molecule has 1 heterocycles. The van der Waals surface area contributed by atoms with Crippen molar-refractivity contribution in [2.24, 2.45) is 0 Å². The molecule has 0 saturated heterocycles. The number of anilines is 1. The number of Topliss-reactive ketones (excluding diaryl/α,β-unsaturated/α-hetero) is 1. The topological polar surface area (TPSA) is 86.0 Å². The molecule has 1 aromatic heterocycles. The summed E-state index contributed by atoms with van der Waals surface area (Å²) in [5.74, 6) is -0.104. The van der Waals surface area contributed by atoms with Crippen molar-refractivity contribution >= 4 is 39.1 Å². The van der Waals surface area contributed by atoms with Crippen LogP contribution in [0.1, 0.15) is 16.8 Å². The number of para-hydroxylation sites is 1. The maximum atomic E-state index is 12.4. The Balaban J connectivity index is 1.21. The van der Waals surface area contributed by atoms with Crippen LogP contribution >= 0.6 is 0 Å². The standard InChI is InChI=1S/C23H22N4O2/c28-22(20-14-24-21-8-4-3-7-19(20)21)15-26-25-12-11-23(29)27-18-10-9-16-5-1-2-6-17(16)13-18/h1-10,13-14,24-26H,11-12,15H2,(H,27,29). The molecule has 0 atom stereocenters. The quantitative estimate of drug-likeness (QED) is 0.212. The fraction of sp³-hybridized carbons (Fsp3) is 0.130. The molecule has 1 amide bonds. The third-order valence-electron chi connectivity index (χ3n) is 4.77. The van der Waals surface area contributed by atoms with Crippen molar-refractivity contribution in [3.63, 3.8) is 0 Å². The van der Waals surface area contributed by atoms with Crippen molar-refractivity contribution in [1.29, 1.82) is 0 Å². The second-order valence-corrected chi connectivity index (χ2v) is 6.81. The number of hydrazine groups is 1. The molecule has 29 heavy (non-hydrogen) atoms. The number of aromatic nitrogens is 1.